The summed E-state index contributed by atoms with van der Waals surface area (Å²) >= 11 is 0. The van der Waals surface area contributed by atoms with Gasteiger partial charge in [-0.3, -0.25) is 0 Å². The van der Waals surface area contributed by atoms with Crippen molar-refractivity contribution < 1.29 is 9.84 Å². The molecule has 1 aromatic heterocycles. The summed E-state index contributed by atoms with van der Waals surface area (Å²) in [6.45, 7) is 4.46. The number of hydrogen-bond donors (Lipinski definition) is 2. The number of rotatable bonds is 6. The molecule has 1 aromatic rings. The molecule has 0 aliphatic carbocycles. The molecule has 0 saturated heterocycles. The Balaban J connectivity index is 2.68. The van der Waals surface area contributed by atoms with Gasteiger partial charge in [-0.1, -0.05) is 0 Å². The highest BCUT2D eigenvalue weighted by Gasteiger charge is 2.09. The quantitative estimate of drug-likeness (QED) is 0.753. The molecular weight excluding hydrogens is 206 g/mol. The lowest BCUT2D eigenvalue weighted by Gasteiger charge is -2.17. The fourth-order valence-electron chi connectivity index (χ4n) is 1.55. The van der Waals surface area contributed by atoms with E-state index in [1.165, 1.54) is 0 Å². The van der Waals surface area contributed by atoms with Crippen LogP contribution in [0.3, 0.4) is 0 Å². The van der Waals surface area contributed by atoms with Crippen LogP contribution in [-0.2, 0) is 4.74 Å². The molecule has 5 heteroatoms. The molecule has 1 rings (SSSR count). The SMILES string of the molecule is COCC(CCO)Nc1cc(C)nc(C)n1. The van der Waals surface area contributed by atoms with Crippen LogP contribution >= 0.6 is 0 Å². The van der Waals surface area contributed by atoms with Crippen LogP contribution in [0.4, 0.5) is 5.82 Å². The van der Waals surface area contributed by atoms with Crippen LogP contribution in [0.25, 0.3) is 0 Å². The van der Waals surface area contributed by atoms with Gasteiger partial charge in [0.1, 0.15) is 11.6 Å². The molecule has 0 spiro atoms. The molecule has 0 aliphatic heterocycles. The Hall–Kier alpha value is -1.20. The summed E-state index contributed by atoms with van der Waals surface area (Å²) < 4.78 is 5.07. The number of nitrogens with one attached hydrogen (secondary N) is 1. The molecular formula is C11H19N3O2. The monoisotopic (exact) mass is 225 g/mol. The van der Waals surface area contributed by atoms with Crippen LogP contribution in [0.2, 0.25) is 0 Å². The van der Waals surface area contributed by atoms with Crippen molar-refractivity contribution in [3.63, 3.8) is 0 Å². The molecule has 0 saturated carbocycles. The Morgan fingerprint density at radius 3 is 2.75 bits per heavy atom. The lowest BCUT2D eigenvalue weighted by atomic mass is 10.2. The maximum absolute atomic E-state index is 8.92. The molecule has 5 nitrogen and oxygen atoms in total. The lowest BCUT2D eigenvalue weighted by molar-refractivity contribution is 0.170. The minimum atomic E-state index is 0.0729. The number of methoxy groups -OCH3 is 1. The van der Waals surface area contributed by atoms with Crippen molar-refractivity contribution in [2.45, 2.75) is 26.3 Å². The van der Waals surface area contributed by atoms with E-state index in [0.717, 1.165) is 17.3 Å². The van der Waals surface area contributed by atoms with E-state index < -0.39 is 0 Å². The second kappa shape index (κ2) is 6.40. The van der Waals surface area contributed by atoms with Gasteiger partial charge < -0.3 is 15.2 Å². The third-order valence-corrected chi connectivity index (χ3v) is 2.16. The van der Waals surface area contributed by atoms with E-state index in [2.05, 4.69) is 15.3 Å². The van der Waals surface area contributed by atoms with Crippen molar-refractivity contribution in [1.82, 2.24) is 9.97 Å². The Kier molecular flexibility index (Phi) is 5.14. The maximum atomic E-state index is 8.92. The topological polar surface area (TPSA) is 67.3 Å². The zero-order valence-corrected chi connectivity index (χ0v) is 10.0. The smallest absolute Gasteiger partial charge is 0.130 e. The van der Waals surface area contributed by atoms with Gasteiger partial charge in [-0.2, -0.15) is 0 Å². The first-order valence-corrected chi connectivity index (χ1v) is 5.34. The van der Waals surface area contributed by atoms with E-state index in [0.29, 0.717) is 13.0 Å². The standard InChI is InChI=1S/C11H19N3O2/c1-8-6-11(13-9(2)12-8)14-10(4-5-15)7-16-3/h6,10,15H,4-5,7H2,1-3H3,(H,12,13,14). The number of nitrogens with zero attached hydrogens (tertiary/aromatic N) is 2. The van der Waals surface area contributed by atoms with Crippen molar-refractivity contribution in [1.29, 1.82) is 0 Å². The second-order valence-electron chi connectivity index (χ2n) is 3.75. The molecule has 1 atom stereocenters. The molecule has 16 heavy (non-hydrogen) atoms. The van der Waals surface area contributed by atoms with E-state index in [1.807, 2.05) is 19.9 Å². The second-order valence-corrected chi connectivity index (χ2v) is 3.75. The van der Waals surface area contributed by atoms with E-state index in [-0.39, 0.29) is 12.6 Å². The van der Waals surface area contributed by atoms with Crippen molar-refractivity contribution in [3.05, 3.63) is 17.6 Å². The predicted octanol–water partition coefficient (Wildman–Crippen LogP) is 0.903. The number of aliphatic hydroxyl groups excluding tert-OH is 1. The molecule has 1 unspecified atom stereocenters. The van der Waals surface area contributed by atoms with Crippen LogP contribution in [-0.4, -0.2) is 41.4 Å². The Morgan fingerprint density at radius 2 is 2.19 bits per heavy atom. The molecule has 1 heterocycles. The van der Waals surface area contributed by atoms with Crippen molar-refractivity contribution >= 4 is 5.82 Å². The summed E-state index contributed by atoms with van der Waals surface area (Å²) in [4.78, 5) is 8.48. The Labute approximate surface area is 95.9 Å². The Morgan fingerprint density at radius 1 is 1.44 bits per heavy atom. The van der Waals surface area contributed by atoms with Crippen LogP contribution in [0.5, 0.6) is 0 Å². The van der Waals surface area contributed by atoms with E-state index >= 15 is 0 Å². The largest absolute Gasteiger partial charge is 0.396 e. The lowest BCUT2D eigenvalue weighted by Crippen LogP contribution is -2.26. The first-order valence-electron chi connectivity index (χ1n) is 5.34. The number of aryl methyl sites for hydroxylation is 2. The number of ether oxygens (including phenoxy) is 1. The molecule has 0 aromatic carbocycles. The average Bonchev–Trinajstić information content (AvgIpc) is 2.16. The Bertz CT molecular complexity index is 305. The first-order chi connectivity index (χ1) is 7.65. The summed E-state index contributed by atoms with van der Waals surface area (Å²) in [5, 5.41) is 12.1. The fourth-order valence-corrected chi connectivity index (χ4v) is 1.55. The summed E-state index contributed by atoms with van der Waals surface area (Å²) in [6.07, 6.45) is 0.635. The number of aliphatic hydroxyl groups is 1. The summed E-state index contributed by atoms with van der Waals surface area (Å²) in [6, 6.07) is 1.95. The van der Waals surface area contributed by atoms with E-state index in [9.17, 15) is 0 Å². The van der Waals surface area contributed by atoms with Gasteiger partial charge in [0.2, 0.25) is 0 Å². The van der Waals surface area contributed by atoms with E-state index in [4.69, 9.17) is 9.84 Å². The number of hydrogen-bond acceptors (Lipinski definition) is 5. The summed E-state index contributed by atoms with van der Waals surface area (Å²) in [5.74, 6) is 1.52. The third kappa shape index (κ3) is 4.12. The molecule has 0 radical (unpaired) electrons. The molecule has 0 aliphatic rings. The number of aromatic nitrogens is 2. The molecule has 0 bridgehead atoms. The summed E-state index contributed by atoms with van der Waals surface area (Å²) in [7, 11) is 1.64. The zero-order chi connectivity index (χ0) is 12.0. The first kappa shape index (κ1) is 12.9. The van der Waals surface area contributed by atoms with Crippen LogP contribution in [0.15, 0.2) is 6.07 Å². The van der Waals surface area contributed by atoms with Gasteiger partial charge in [0.15, 0.2) is 0 Å². The highest BCUT2D eigenvalue weighted by molar-refractivity contribution is 5.36. The fraction of sp³-hybridized carbons (Fsp3) is 0.636. The average molecular weight is 225 g/mol. The van der Waals surface area contributed by atoms with Gasteiger partial charge in [0, 0.05) is 25.5 Å². The molecule has 90 valence electrons. The van der Waals surface area contributed by atoms with Crippen LogP contribution in [0.1, 0.15) is 17.9 Å². The minimum Gasteiger partial charge on any atom is -0.396 e. The highest BCUT2D eigenvalue weighted by Crippen LogP contribution is 2.08. The van der Waals surface area contributed by atoms with Gasteiger partial charge in [0.25, 0.3) is 0 Å². The van der Waals surface area contributed by atoms with Crippen molar-refractivity contribution in [2.75, 3.05) is 25.6 Å². The maximum Gasteiger partial charge on any atom is 0.130 e. The van der Waals surface area contributed by atoms with Gasteiger partial charge in [0.05, 0.1) is 12.6 Å². The van der Waals surface area contributed by atoms with Gasteiger partial charge in [-0.05, 0) is 20.3 Å². The zero-order valence-electron chi connectivity index (χ0n) is 10.0. The van der Waals surface area contributed by atoms with Crippen LogP contribution < -0.4 is 5.32 Å². The predicted molar refractivity (Wildman–Crippen MR) is 62.5 cm³/mol. The third-order valence-electron chi connectivity index (χ3n) is 2.16. The minimum absolute atomic E-state index is 0.0729. The van der Waals surface area contributed by atoms with Gasteiger partial charge in [-0.25, -0.2) is 9.97 Å². The van der Waals surface area contributed by atoms with Gasteiger partial charge in [-0.15, -0.1) is 0 Å². The van der Waals surface area contributed by atoms with Gasteiger partial charge >= 0.3 is 0 Å². The molecule has 2 N–H and O–H groups in total. The van der Waals surface area contributed by atoms with E-state index in [1.54, 1.807) is 7.11 Å². The normalized spacial score (nSPS) is 12.5. The van der Waals surface area contributed by atoms with Crippen LogP contribution in [0, 0.1) is 13.8 Å². The van der Waals surface area contributed by atoms with Crippen molar-refractivity contribution in [2.24, 2.45) is 0 Å². The van der Waals surface area contributed by atoms with Crippen molar-refractivity contribution in [3.8, 4) is 0 Å². The molecule has 0 amide bonds. The molecule has 0 fully saturated rings. The highest BCUT2D eigenvalue weighted by atomic mass is 16.5. The number of anilines is 1. The summed E-state index contributed by atoms with van der Waals surface area (Å²) in [5.41, 5.74) is 0.926.